The van der Waals surface area contributed by atoms with Crippen molar-refractivity contribution in [2.45, 2.75) is 13.8 Å². The van der Waals surface area contributed by atoms with Crippen LogP contribution in [-0.2, 0) is 0 Å². The van der Waals surface area contributed by atoms with Crippen molar-refractivity contribution < 1.29 is 9.72 Å². The van der Waals surface area contributed by atoms with Crippen LogP contribution < -0.4 is 11.1 Å². The van der Waals surface area contributed by atoms with Crippen LogP contribution in [0, 0.1) is 10.1 Å². The highest BCUT2D eigenvalue weighted by Crippen LogP contribution is 2.25. The number of hydrogen-bond acceptors (Lipinski definition) is 5. The quantitative estimate of drug-likeness (QED) is 0.444. The summed E-state index contributed by atoms with van der Waals surface area (Å²) >= 11 is 0. The number of anilines is 1. The van der Waals surface area contributed by atoms with Crippen LogP contribution in [0.4, 0.5) is 11.4 Å². The van der Waals surface area contributed by atoms with Crippen molar-refractivity contribution in [3.63, 3.8) is 0 Å². The monoisotopic (exact) mass is 280 g/mol. The van der Waals surface area contributed by atoms with Crippen molar-refractivity contribution >= 4 is 17.3 Å². The average molecular weight is 280 g/mol. The minimum absolute atomic E-state index is 0.00505. The SMILES string of the molecule is CCN(CC)CCNC(=O)c1cccc(N)c1[N+](=O)[O-]. The second kappa shape index (κ2) is 7.44. The number of carbonyl (C=O) groups is 1. The Hall–Kier alpha value is -2.15. The van der Waals surface area contributed by atoms with Gasteiger partial charge in [0.25, 0.3) is 5.91 Å². The molecule has 0 spiro atoms. The van der Waals surface area contributed by atoms with Crippen molar-refractivity contribution in [2.24, 2.45) is 0 Å². The minimum Gasteiger partial charge on any atom is -0.393 e. The highest BCUT2D eigenvalue weighted by molar-refractivity contribution is 6.00. The molecule has 0 aliphatic heterocycles. The van der Waals surface area contributed by atoms with Crippen molar-refractivity contribution in [2.75, 3.05) is 31.9 Å². The number of nitrogens with two attached hydrogens (primary N) is 1. The number of nitro benzene ring substituents is 1. The van der Waals surface area contributed by atoms with Gasteiger partial charge in [0.05, 0.1) is 4.92 Å². The van der Waals surface area contributed by atoms with Gasteiger partial charge in [-0.3, -0.25) is 14.9 Å². The molecule has 0 saturated carbocycles. The van der Waals surface area contributed by atoms with E-state index < -0.39 is 10.8 Å². The molecule has 1 aromatic carbocycles. The number of para-hydroxylation sites is 1. The molecule has 20 heavy (non-hydrogen) atoms. The number of nitrogens with one attached hydrogen (secondary N) is 1. The van der Waals surface area contributed by atoms with Crippen molar-refractivity contribution in [3.8, 4) is 0 Å². The van der Waals surface area contributed by atoms with Gasteiger partial charge in [0.2, 0.25) is 0 Å². The number of benzene rings is 1. The molecule has 0 unspecified atom stereocenters. The summed E-state index contributed by atoms with van der Waals surface area (Å²) in [5.74, 6) is -0.476. The van der Waals surface area contributed by atoms with Gasteiger partial charge in [0.1, 0.15) is 11.3 Å². The van der Waals surface area contributed by atoms with E-state index in [4.69, 9.17) is 5.73 Å². The largest absolute Gasteiger partial charge is 0.393 e. The van der Waals surface area contributed by atoms with Crippen molar-refractivity contribution in [3.05, 3.63) is 33.9 Å². The van der Waals surface area contributed by atoms with Crippen LogP contribution in [0.1, 0.15) is 24.2 Å². The molecule has 1 rings (SSSR count). The summed E-state index contributed by atoms with van der Waals surface area (Å²) in [4.78, 5) is 24.5. The molecule has 7 nitrogen and oxygen atoms in total. The molecule has 0 aliphatic carbocycles. The van der Waals surface area contributed by atoms with Gasteiger partial charge >= 0.3 is 5.69 Å². The fraction of sp³-hybridized carbons (Fsp3) is 0.462. The summed E-state index contributed by atoms with van der Waals surface area (Å²) in [6.07, 6.45) is 0. The van der Waals surface area contributed by atoms with Crippen LogP contribution in [0.3, 0.4) is 0 Å². The molecule has 0 atom stereocenters. The lowest BCUT2D eigenvalue weighted by Crippen LogP contribution is -2.35. The van der Waals surface area contributed by atoms with Crippen LogP contribution >= 0.6 is 0 Å². The number of amides is 1. The molecule has 0 aromatic heterocycles. The number of likely N-dealkylation sites (N-methyl/N-ethyl adjacent to an activating group) is 1. The van der Waals surface area contributed by atoms with Gasteiger partial charge in [0, 0.05) is 13.1 Å². The number of nitrogen functional groups attached to an aromatic ring is 1. The molecule has 7 heteroatoms. The Labute approximate surface area is 117 Å². The van der Waals surface area contributed by atoms with E-state index in [0.29, 0.717) is 13.1 Å². The maximum absolute atomic E-state index is 12.0. The summed E-state index contributed by atoms with van der Waals surface area (Å²) in [5, 5.41) is 13.6. The van der Waals surface area contributed by atoms with E-state index in [1.54, 1.807) is 0 Å². The maximum atomic E-state index is 12.0. The summed E-state index contributed by atoms with van der Waals surface area (Å²) in [7, 11) is 0. The van der Waals surface area contributed by atoms with Crippen LogP contribution in [-0.4, -0.2) is 41.9 Å². The highest BCUT2D eigenvalue weighted by Gasteiger charge is 2.22. The topological polar surface area (TPSA) is 102 Å². The molecule has 1 aromatic rings. The lowest BCUT2D eigenvalue weighted by molar-refractivity contribution is -0.384. The number of hydrogen-bond donors (Lipinski definition) is 2. The number of carbonyl (C=O) groups excluding carboxylic acids is 1. The van der Waals surface area contributed by atoms with Gasteiger partial charge in [-0.25, -0.2) is 0 Å². The Morgan fingerprint density at radius 3 is 2.60 bits per heavy atom. The molecule has 0 heterocycles. The van der Waals surface area contributed by atoms with E-state index in [0.717, 1.165) is 13.1 Å². The first kappa shape index (κ1) is 15.9. The lowest BCUT2D eigenvalue weighted by atomic mass is 10.1. The number of rotatable bonds is 7. The van der Waals surface area contributed by atoms with Crippen LogP contribution in [0.2, 0.25) is 0 Å². The molecular weight excluding hydrogens is 260 g/mol. The zero-order valence-electron chi connectivity index (χ0n) is 11.8. The van der Waals surface area contributed by atoms with Crippen molar-refractivity contribution in [1.29, 1.82) is 0 Å². The third-order valence-corrected chi connectivity index (χ3v) is 3.10. The summed E-state index contributed by atoms with van der Waals surface area (Å²) in [6, 6.07) is 4.34. The molecular formula is C13H20N4O3. The summed E-state index contributed by atoms with van der Waals surface area (Å²) in [5.41, 5.74) is 5.20. The fourth-order valence-electron chi connectivity index (χ4n) is 1.91. The van der Waals surface area contributed by atoms with E-state index in [1.165, 1.54) is 18.2 Å². The fourth-order valence-corrected chi connectivity index (χ4v) is 1.91. The van der Waals surface area contributed by atoms with E-state index in [2.05, 4.69) is 10.2 Å². The van der Waals surface area contributed by atoms with Gasteiger partial charge in [-0.2, -0.15) is 0 Å². The number of nitrogens with zero attached hydrogens (tertiary/aromatic N) is 2. The minimum atomic E-state index is -0.630. The first-order valence-corrected chi connectivity index (χ1v) is 6.54. The zero-order valence-corrected chi connectivity index (χ0v) is 11.8. The van der Waals surface area contributed by atoms with Crippen LogP contribution in [0.5, 0.6) is 0 Å². The molecule has 0 aliphatic rings. The standard InChI is InChI=1S/C13H20N4O3/c1-3-16(4-2)9-8-15-13(18)10-6-5-7-11(14)12(10)17(19)20/h5-7H,3-4,8-9,14H2,1-2H3,(H,15,18). The first-order chi connectivity index (χ1) is 9.51. The molecule has 0 fully saturated rings. The third-order valence-electron chi connectivity index (χ3n) is 3.10. The van der Waals surface area contributed by atoms with E-state index in [-0.39, 0.29) is 16.9 Å². The Balaban J connectivity index is 2.73. The highest BCUT2D eigenvalue weighted by atomic mass is 16.6. The van der Waals surface area contributed by atoms with Crippen LogP contribution in [0.25, 0.3) is 0 Å². The van der Waals surface area contributed by atoms with Gasteiger partial charge in [-0.05, 0) is 25.2 Å². The predicted octanol–water partition coefficient (Wildman–Crippen LogP) is 1.25. The average Bonchev–Trinajstić information content (AvgIpc) is 2.42. The zero-order chi connectivity index (χ0) is 15.1. The molecule has 3 N–H and O–H groups in total. The van der Waals surface area contributed by atoms with Gasteiger partial charge in [0.15, 0.2) is 0 Å². The Morgan fingerprint density at radius 1 is 1.40 bits per heavy atom. The van der Waals surface area contributed by atoms with E-state index in [9.17, 15) is 14.9 Å². The maximum Gasteiger partial charge on any atom is 0.304 e. The van der Waals surface area contributed by atoms with E-state index >= 15 is 0 Å². The first-order valence-electron chi connectivity index (χ1n) is 6.54. The van der Waals surface area contributed by atoms with Crippen LogP contribution in [0.15, 0.2) is 18.2 Å². The third kappa shape index (κ3) is 3.92. The van der Waals surface area contributed by atoms with Gasteiger partial charge < -0.3 is 16.0 Å². The smallest absolute Gasteiger partial charge is 0.304 e. The molecule has 110 valence electrons. The molecule has 0 saturated heterocycles. The van der Waals surface area contributed by atoms with Gasteiger partial charge in [-0.1, -0.05) is 19.9 Å². The predicted molar refractivity (Wildman–Crippen MR) is 77.6 cm³/mol. The molecule has 1 amide bonds. The normalized spacial score (nSPS) is 10.6. The molecule has 0 radical (unpaired) electrons. The Kier molecular flexibility index (Phi) is 5.92. The summed E-state index contributed by atoms with van der Waals surface area (Å²) in [6.45, 7) is 7.00. The second-order valence-corrected chi connectivity index (χ2v) is 4.28. The second-order valence-electron chi connectivity index (χ2n) is 4.28. The Morgan fingerprint density at radius 2 is 2.05 bits per heavy atom. The number of nitro groups is 1. The summed E-state index contributed by atoms with van der Waals surface area (Å²) < 4.78 is 0. The van der Waals surface area contributed by atoms with E-state index in [1.807, 2.05) is 13.8 Å². The van der Waals surface area contributed by atoms with Crippen molar-refractivity contribution in [1.82, 2.24) is 10.2 Å². The Bertz CT molecular complexity index is 487. The lowest BCUT2D eigenvalue weighted by Gasteiger charge is -2.17. The van der Waals surface area contributed by atoms with Gasteiger partial charge in [-0.15, -0.1) is 0 Å². The molecule has 0 bridgehead atoms.